The molecule has 0 spiro atoms. The number of hydrogen-bond donors (Lipinski definition) is 1. The van der Waals surface area contributed by atoms with Gasteiger partial charge in [-0.25, -0.2) is 18.4 Å². The highest BCUT2D eigenvalue weighted by Gasteiger charge is 2.22. The Bertz CT molecular complexity index is 1150. The lowest BCUT2D eigenvalue weighted by molar-refractivity contribution is 0.250. The minimum absolute atomic E-state index is 0.00846. The van der Waals surface area contributed by atoms with Crippen molar-refractivity contribution in [3.8, 4) is 5.88 Å². The maximum Gasteiger partial charge on any atom is 0.263 e. The molecule has 0 saturated heterocycles. The lowest BCUT2D eigenvalue weighted by atomic mass is 10.2. The van der Waals surface area contributed by atoms with Crippen molar-refractivity contribution in [2.75, 3.05) is 18.8 Å². The van der Waals surface area contributed by atoms with E-state index in [1.54, 1.807) is 25.1 Å². The molecule has 30 heavy (non-hydrogen) atoms. The van der Waals surface area contributed by atoms with Crippen LogP contribution in [0.3, 0.4) is 0 Å². The van der Waals surface area contributed by atoms with Gasteiger partial charge in [-0.05, 0) is 50.8 Å². The second kappa shape index (κ2) is 9.22. The van der Waals surface area contributed by atoms with E-state index in [9.17, 15) is 8.42 Å². The van der Waals surface area contributed by atoms with Crippen LogP contribution in [0, 0.1) is 6.92 Å². The van der Waals surface area contributed by atoms with E-state index in [1.807, 2.05) is 25.1 Å². The first-order chi connectivity index (χ1) is 14.2. The van der Waals surface area contributed by atoms with Gasteiger partial charge in [-0.1, -0.05) is 29.3 Å². The van der Waals surface area contributed by atoms with Crippen LogP contribution >= 0.6 is 23.2 Å². The summed E-state index contributed by atoms with van der Waals surface area (Å²) in [6.45, 7) is 2.29. The Balaban J connectivity index is 1.81. The maximum atomic E-state index is 12.9. The van der Waals surface area contributed by atoms with Crippen LogP contribution in [0.2, 0.25) is 10.2 Å². The monoisotopic (exact) mass is 470 g/mol. The second-order valence-corrected chi connectivity index (χ2v) is 9.15. The minimum Gasteiger partial charge on any atom is -0.467 e. The third-order valence-corrected chi connectivity index (χ3v) is 6.06. The molecule has 3 rings (SSSR count). The van der Waals surface area contributed by atoms with Crippen molar-refractivity contribution in [2.24, 2.45) is 0 Å². The molecule has 0 aliphatic rings. The normalized spacial score (nSPS) is 11.7. The van der Waals surface area contributed by atoms with E-state index >= 15 is 0 Å². The van der Waals surface area contributed by atoms with Gasteiger partial charge in [-0.2, -0.15) is 0 Å². The average Bonchev–Trinajstić information content (AvgIpc) is 3.09. The average molecular weight is 471 g/mol. The van der Waals surface area contributed by atoms with E-state index < -0.39 is 10.0 Å². The minimum atomic E-state index is -4.00. The number of benzene rings is 1. The van der Waals surface area contributed by atoms with Crippen LogP contribution in [-0.2, 0) is 23.2 Å². The zero-order valence-electron chi connectivity index (χ0n) is 16.5. The molecule has 11 heteroatoms. The summed E-state index contributed by atoms with van der Waals surface area (Å²) in [6, 6.07) is 8.22. The van der Waals surface area contributed by atoms with Gasteiger partial charge in [0, 0.05) is 5.02 Å². The largest absolute Gasteiger partial charge is 0.467 e. The van der Waals surface area contributed by atoms with Gasteiger partial charge in [0.2, 0.25) is 5.82 Å². The summed E-state index contributed by atoms with van der Waals surface area (Å²) < 4.78 is 39.4. The van der Waals surface area contributed by atoms with Crippen LogP contribution in [0.4, 0.5) is 5.82 Å². The number of halogens is 2. The Morgan fingerprint density at radius 2 is 1.90 bits per heavy atom. The Labute approximate surface area is 184 Å². The summed E-state index contributed by atoms with van der Waals surface area (Å²) in [5.41, 5.74) is 0.410. The number of aromatic nitrogens is 2. The number of anilines is 1. The fourth-order valence-electron chi connectivity index (χ4n) is 2.63. The van der Waals surface area contributed by atoms with Gasteiger partial charge in [-0.15, -0.1) is 0 Å². The van der Waals surface area contributed by atoms with Crippen LogP contribution in [0.25, 0.3) is 0 Å². The first-order valence-corrected chi connectivity index (χ1v) is 11.0. The molecule has 0 aliphatic heterocycles. The quantitative estimate of drug-likeness (QED) is 0.528. The van der Waals surface area contributed by atoms with Gasteiger partial charge in [0.1, 0.15) is 23.3 Å². The molecular weight excluding hydrogens is 451 g/mol. The molecule has 8 nitrogen and oxygen atoms in total. The fourth-order valence-corrected chi connectivity index (χ4v) is 4.26. The molecule has 0 aliphatic carbocycles. The van der Waals surface area contributed by atoms with Crippen molar-refractivity contribution in [3.63, 3.8) is 0 Å². The van der Waals surface area contributed by atoms with Crippen LogP contribution in [-0.4, -0.2) is 37.4 Å². The first-order valence-electron chi connectivity index (χ1n) is 8.81. The molecule has 3 aromatic rings. The summed E-state index contributed by atoms with van der Waals surface area (Å²) in [5.74, 6) is 1.16. The van der Waals surface area contributed by atoms with E-state index in [1.165, 1.54) is 12.3 Å². The molecule has 0 radical (unpaired) electrons. The molecule has 1 N–H and O–H groups in total. The molecule has 2 aromatic heterocycles. The summed E-state index contributed by atoms with van der Waals surface area (Å²) in [6.07, 6.45) is 1.26. The summed E-state index contributed by atoms with van der Waals surface area (Å²) in [4.78, 5) is 10.0. The molecule has 0 bridgehead atoms. The third-order valence-electron chi connectivity index (χ3n) is 3.99. The summed E-state index contributed by atoms with van der Waals surface area (Å²) >= 11 is 12.0. The number of rotatable bonds is 8. The third kappa shape index (κ3) is 5.42. The van der Waals surface area contributed by atoms with Crippen molar-refractivity contribution in [1.29, 1.82) is 0 Å². The Morgan fingerprint density at radius 1 is 1.17 bits per heavy atom. The molecule has 0 amide bonds. The predicted molar refractivity (Wildman–Crippen MR) is 114 cm³/mol. The number of nitrogens with one attached hydrogen (secondary N) is 1. The molecule has 1 aromatic carbocycles. The lowest BCUT2D eigenvalue weighted by Crippen LogP contribution is -2.16. The van der Waals surface area contributed by atoms with E-state index in [2.05, 4.69) is 14.7 Å². The molecule has 0 unspecified atom stereocenters. The number of furan rings is 1. The van der Waals surface area contributed by atoms with Crippen molar-refractivity contribution in [3.05, 3.63) is 63.8 Å². The van der Waals surface area contributed by atoms with Crippen LogP contribution in [0.1, 0.15) is 17.1 Å². The summed E-state index contributed by atoms with van der Waals surface area (Å²) in [5, 5.41) is 0.340. The Kier molecular flexibility index (Phi) is 6.87. The van der Waals surface area contributed by atoms with Crippen molar-refractivity contribution in [2.45, 2.75) is 25.0 Å². The van der Waals surface area contributed by atoms with Crippen LogP contribution < -0.4 is 9.46 Å². The van der Waals surface area contributed by atoms with E-state index in [0.717, 1.165) is 5.76 Å². The Hall–Kier alpha value is -2.33. The van der Waals surface area contributed by atoms with Gasteiger partial charge in [0.05, 0.1) is 17.6 Å². The van der Waals surface area contributed by atoms with Crippen LogP contribution in [0.15, 0.2) is 45.8 Å². The number of ether oxygens (including phenoxy) is 1. The van der Waals surface area contributed by atoms with Gasteiger partial charge in [0.15, 0.2) is 0 Å². The second-order valence-electron chi connectivity index (χ2n) is 6.71. The highest BCUT2D eigenvalue weighted by molar-refractivity contribution is 7.92. The molecule has 2 heterocycles. The fraction of sp³-hybridized carbons (Fsp3) is 0.263. The van der Waals surface area contributed by atoms with Crippen molar-refractivity contribution >= 4 is 39.0 Å². The van der Waals surface area contributed by atoms with E-state index in [4.69, 9.17) is 32.4 Å². The number of nitrogens with zero attached hydrogens (tertiary/aromatic N) is 3. The smallest absolute Gasteiger partial charge is 0.263 e. The molecule has 0 fully saturated rings. The van der Waals surface area contributed by atoms with E-state index in [0.29, 0.717) is 22.9 Å². The van der Waals surface area contributed by atoms with Gasteiger partial charge >= 0.3 is 0 Å². The number of hydrogen-bond acceptors (Lipinski definition) is 7. The Morgan fingerprint density at radius 3 is 2.63 bits per heavy atom. The first kappa shape index (κ1) is 22.4. The SMILES string of the molecule is Cc1c(Cl)cccc1S(=O)(=O)Nc1nc(Cl)cnc1OCc1ccc(CN(C)C)o1. The zero-order valence-corrected chi connectivity index (χ0v) is 18.8. The zero-order chi connectivity index (χ0) is 21.9. The molecule has 0 saturated carbocycles. The highest BCUT2D eigenvalue weighted by atomic mass is 35.5. The van der Waals surface area contributed by atoms with Gasteiger partial charge in [-0.3, -0.25) is 4.72 Å². The predicted octanol–water partition coefficient (Wildman–Crippen LogP) is 4.13. The standard InChI is InChI=1S/C19H20Cl2N4O4S/c1-12-15(20)5-4-6-16(12)30(26,27)24-18-19(22-9-17(21)23-18)28-11-14-8-7-13(29-14)10-25(2)3/h4-9H,10-11H2,1-3H3,(H,23,24). The molecule has 0 atom stereocenters. The molecular formula is C19H20Cl2N4O4S. The van der Waals surface area contributed by atoms with Crippen molar-refractivity contribution < 1.29 is 17.6 Å². The highest BCUT2D eigenvalue weighted by Crippen LogP contribution is 2.28. The lowest BCUT2D eigenvalue weighted by Gasteiger charge is -2.13. The van der Waals surface area contributed by atoms with E-state index in [-0.39, 0.29) is 28.4 Å². The molecule has 160 valence electrons. The number of sulfonamides is 1. The topological polar surface area (TPSA) is 97.6 Å². The summed E-state index contributed by atoms with van der Waals surface area (Å²) in [7, 11) is -0.138. The van der Waals surface area contributed by atoms with Gasteiger partial charge in [0.25, 0.3) is 15.9 Å². The van der Waals surface area contributed by atoms with Crippen molar-refractivity contribution in [1.82, 2.24) is 14.9 Å². The maximum absolute atomic E-state index is 12.9. The van der Waals surface area contributed by atoms with Crippen LogP contribution in [0.5, 0.6) is 5.88 Å². The van der Waals surface area contributed by atoms with Gasteiger partial charge < -0.3 is 14.1 Å².